The van der Waals surface area contributed by atoms with E-state index in [-0.39, 0.29) is 11.4 Å². The average molecular weight is 264 g/mol. The lowest BCUT2D eigenvalue weighted by molar-refractivity contribution is -0.146. The quantitative estimate of drug-likeness (QED) is 0.515. The summed E-state index contributed by atoms with van der Waals surface area (Å²) in [4.78, 5) is 11.3. The molecule has 0 aliphatic heterocycles. The van der Waals surface area contributed by atoms with E-state index in [2.05, 4.69) is 34.3 Å². The highest BCUT2D eigenvalue weighted by Crippen LogP contribution is 2.42. The SMILES string of the molecule is C=C(C)[C@H]1CCC(C)=C1CC(C)(C)COC(=O)CC. The zero-order chi connectivity index (χ0) is 14.6. The van der Waals surface area contributed by atoms with Gasteiger partial charge in [-0.25, -0.2) is 0 Å². The fourth-order valence-electron chi connectivity index (χ4n) is 2.76. The van der Waals surface area contributed by atoms with E-state index in [0.29, 0.717) is 18.9 Å². The maximum atomic E-state index is 11.3. The van der Waals surface area contributed by atoms with Gasteiger partial charge in [-0.05, 0) is 33.1 Å². The second-order valence-corrected chi connectivity index (χ2v) is 6.60. The molecule has 1 atom stereocenters. The summed E-state index contributed by atoms with van der Waals surface area (Å²) >= 11 is 0. The lowest BCUT2D eigenvalue weighted by atomic mass is 9.80. The Labute approximate surface area is 117 Å². The standard InChI is InChI=1S/C17H28O2/c1-7-16(18)19-11-17(5,6)10-15-13(4)8-9-14(15)12(2)3/h14H,2,7-11H2,1,3-6H3/t14-/m1/s1. The van der Waals surface area contributed by atoms with Gasteiger partial charge in [-0.15, -0.1) is 0 Å². The number of hydrogen-bond acceptors (Lipinski definition) is 2. The van der Waals surface area contributed by atoms with E-state index in [1.807, 2.05) is 6.92 Å². The Hall–Kier alpha value is -1.05. The highest BCUT2D eigenvalue weighted by molar-refractivity contribution is 5.68. The Morgan fingerprint density at radius 3 is 2.63 bits per heavy atom. The molecule has 0 N–H and O–H groups in total. The van der Waals surface area contributed by atoms with Crippen LogP contribution in [0, 0.1) is 11.3 Å². The van der Waals surface area contributed by atoms with E-state index in [1.165, 1.54) is 29.6 Å². The van der Waals surface area contributed by atoms with Crippen LogP contribution in [0.25, 0.3) is 0 Å². The molecule has 0 saturated carbocycles. The number of allylic oxidation sites excluding steroid dienone is 3. The third-order valence-electron chi connectivity index (χ3n) is 3.95. The molecule has 0 unspecified atom stereocenters. The summed E-state index contributed by atoms with van der Waals surface area (Å²) in [5.41, 5.74) is 4.28. The molecule has 2 heteroatoms. The Bertz CT molecular complexity index is 388. The van der Waals surface area contributed by atoms with Crippen molar-refractivity contribution in [3.05, 3.63) is 23.3 Å². The zero-order valence-electron chi connectivity index (χ0n) is 13.1. The van der Waals surface area contributed by atoms with Crippen molar-refractivity contribution in [1.29, 1.82) is 0 Å². The number of carbonyl (C=O) groups is 1. The van der Waals surface area contributed by atoms with Gasteiger partial charge in [0.15, 0.2) is 0 Å². The van der Waals surface area contributed by atoms with Crippen LogP contribution in [0.5, 0.6) is 0 Å². The van der Waals surface area contributed by atoms with E-state index in [9.17, 15) is 4.79 Å². The predicted molar refractivity (Wildman–Crippen MR) is 79.9 cm³/mol. The van der Waals surface area contributed by atoms with E-state index in [1.54, 1.807) is 0 Å². The smallest absolute Gasteiger partial charge is 0.305 e. The molecule has 0 fully saturated rings. The molecular weight excluding hydrogens is 236 g/mol. The zero-order valence-corrected chi connectivity index (χ0v) is 13.1. The summed E-state index contributed by atoms with van der Waals surface area (Å²) in [6.45, 7) is 15.1. The number of carbonyl (C=O) groups excluding carboxylic acids is 1. The molecule has 0 aromatic heterocycles. The van der Waals surface area contributed by atoms with Crippen LogP contribution in [-0.4, -0.2) is 12.6 Å². The molecule has 0 amide bonds. The van der Waals surface area contributed by atoms with Crippen LogP contribution in [0.3, 0.4) is 0 Å². The average Bonchev–Trinajstić information content (AvgIpc) is 2.67. The summed E-state index contributed by atoms with van der Waals surface area (Å²) < 4.78 is 5.31. The fraction of sp³-hybridized carbons (Fsp3) is 0.706. The second kappa shape index (κ2) is 6.40. The van der Waals surface area contributed by atoms with E-state index >= 15 is 0 Å². The molecule has 0 aromatic carbocycles. The van der Waals surface area contributed by atoms with Crippen molar-refractivity contribution >= 4 is 5.97 Å². The molecule has 1 aliphatic carbocycles. The van der Waals surface area contributed by atoms with Crippen molar-refractivity contribution in [1.82, 2.24) is 0 Å². The second-order valence-electron chi connectivity index (χ2n) is 6.60. The Balaban J connectivity index is 2.68. The van der Waals surface area contributed by atoms with Gasteiger partial charge in [-0.2, -0.15) is 0 Å². The van der Waals surface area contributed by atoms with Crippen molar-refractivity contribution in [2.75, 3.05) is 6.61 Å². The fourth-order valence-corrected chi connectivity index (χ4v) is 2.76. The first-order chi connectivity index (χ1) is 8.76. The molecule has 0 spiro atoms. The first-order valence-corrected chi connectivity index (χ1v) is 7.26. The van der Waals surface area contributed by atoms with Gasteiger partial charge in [0.25, 0.3) is 0 Å². The summed E-state index contributed by atoms with van der Waals surface area (Å²) in [7, 11) is 0. The topological polar surface area (TPSA) is 26.3 Å². The van der Waals surface area contributed by atoms with Gasteiger partial charge < -0.3 is 4.74 Å². The van der Waals surface area contributed by atoms with Gasteiger partial charge in [0.1, 0.15) is 0 Å². The van der Waals surface area contributed by atoms with Gasteiger partial charge in [0.05, 0.1) is 6.61 Å². The Kier molecular flexibility index (Phi) is 5.39. The van der Waals surface area contributed by atoms with Crippen molar-refractivity contribution in [3.63, 3.8) is 0 Å². The number of esters is 1. The van der Waals surface area contributed by atoms with Gasteiger partial charge >= 0.3 is 5.97 Å². The first-order valence-electron chi connectivity index (χ1n) is 7.26. The minimum absolute atomic E-state index is 0.000532. The van der Waals surface area contributed by atoms with Crippen molar-refractivity contribution in [3.8, 4) is 0 Å². The minimum Gasteiger partial charge on any atom is -0.465 e. The highest BCUT2D eigenvalue weighted by atomic mass is 16.5. The molecular formula is C17H28O2. The van der Waals surface area contributed by atoms with Crippen LogP contribution in [0.15, 0.2) is 23.3 Å². The molecule has 0 aromatic rings. The van der Waals surface area contributed by atoms with Crippen LogP contribution < -0.4 is 0 Å². The summed E-state index contributed by atoms with van der Waals surface area (Å²) in [6, 6.07) is 0. The van der Waals surface area contributed by atoms with E-state index in [0.717, 1.165) is 6.42 Å². The van der Waals surface area contributed by atoms with Crippen molar-refractivity contribution in [2.45, 2.75) is 60.3 Å². The largest absolute Gasteiger partial charge is 0.465 e. The third kappa shape index (κ3) is 4.52. The lowest BCUT2D eigenvalue weighted by Crippen LogP contribution is -2.23. The molecule has 0 bridgehead atoms. The van der Waals surface area contributed by atoms with Crippen molar-refractivity contribution in [2.24, 2.45) is 11.3 Å². The van der Waals surface area contributed by atoms with Crippen LogP contribution in [-0.2, 0) is 9.53 Å². The van der Waals surface area contributed by atoms with Gasteiger partial charge in [0.2, 0.25) is 0 Å². The molecule has 0 saturated heterocycles. The monoisotopic (exact) mass is 264 g/mol. The molecule has 1 rings (SSSR count). The maximum Gasteiger partial charge on any atom is 0.305 e. The summed E-state index contributed by atoms with van der Waals surface area (Å²) in [6.07, 6.45) is 3.82. The van der Waals surface area contributed by atoms with Crippen LogP contribution >= 0.6 is 0 Å². The predicted octanol–water partition coefficient (Wildman–Crippen LogP) is 4.66. The van der Waals surface area contributed by atoms with Crippen LogP contribution in [0.2, 0.25) is 0 Å². The number of rotatable bonds is 6. The Morgan fingerprint density at radius 2 is 2.11 bits per heavy atom. The summed E-state index contributed by atoms with van der Waals surface area (Å²) in [5.74, 6) is 0.419. The first kappa shape index (κ1) is 16.0. The highest BCUT2D eigenvalue weighted by Gasteiger charge is 2.30. The van der Waals surface area contributed by atoms with Crippen LogP contribution in [0.4, 0.5) is 0 Å². The summed E-state index contributed by atoms with van der Waals surface area (Å²) in [5, 5.41) is 0. The van der Waals surface area contributed by atoms with E-state index < -0.39 is 0 Å². The number of ether oxygens (including phenoxy) is 1. The maximum absolute atomic E-state index is 11.3. The lowest BCUT2D eigenvalue weighted by Gasteiger charge is -2.28. The van der Waals surface area contributed by atoms with Gasteiger partial charge in [0, 0.05) is 17.8 Å². The molecule has 0 radical (unpaired) electrons. The van der Waals surface area contributed by atoms with E-state index in [4.69, 9.17) is 4.74 Å². The normalized spacial score (nSPS) is 19.7. The van der Waals surface area contributed by atoms with Crippen molar-refractivity contribution < 1.29 is 9.53 Å². The molecule has 1 aliphatic rings. The molecule has 0 heterocycles. The number of hydrogen-bond donors (Lipinski definition) is 0. The van der Waals surface area contributed by atoms with Crippen LogP contribution in [0.1, 0.15) is 60.3 Å². The van der Waals surface area contributed by atoms with Gasteiger partial charge in [-0.3, -0.25) is 4.79 Å². The third-order valence-corrected chi connectivity index (χ3v) is 3.95. The Morgan fingerprint density at radius 1 is 1.47 bits per heavy atom. The molecule has 19 heavy (non-hydrogen) atoms. The minimum atomic E-state index is -0.110. The molecule has 2 nitrogen and oxygen atoms in total. The molecule has 108 valence electrons. The van der Waals surface area contributed by atoms with Gasteiger partial charge in [-0.1, -0.05) is 44.1 Å².